The van der Waals surface area contributed by atoms with Crippen LogP contribution in [0.4, 0.5) is 10.6 Å². The molecule has 1 aromatic carbocycles. The fourth-order valence-corrected chi connectivity index (χ4v) is 2.23. The number of benzene rings is 1. The molecule has 2 rings (SSSR count). The molecule has 0 spiro atoms. The van der Waals surface area contributed by atoms with Gasteiger partial charge in [-0.25, -0.2) is 20.4 Å². The quantitative estimate of drug-likeness (QED) is 0.496. The zero-order valence-electron chi connectivity index (χ0n) is 13.5. The van der Waals surface area contributed by atoms with Gasteiger partial charge >= 0.3 is 12.1 Å². The first-order chi connectivity index (χ1) is 11.4. The second-order valence-electron chi connectivity index (χ2n) is 5.18. The van der Waals surface area contributed by atoms with Crippen LogP contribution in [0, 0.1) is 6.92 Å². The smallest absolute Gasteiger partial charge is 0.430 e. The van der Waals surface area contributed by atoms with Crippen molar-refractivity contribution in [3.05, 3.63) is 58.8 Å². The number of rotatable bonds is 5. The molecule has 3 N–H and O–H groups in total. The third-order valence-corrected chi connectivity index (χ3v) is 3.60. The Bertz CT molecular complexity index is 747. The molecule has 0 saturated heterocycles. The number of nitrogens with two attached hydrogens (primary N) is 1. The maximum absolute atomic E-state index is 12.1. The lowest BCUT2D eigenvalue weighted by Gasteiger charge is -2.18. The lowest BCUT2D eigenvalue weighted by Crippen LogP contribution is -2.39. The van der Waals surface area contributed by atoms with E-state index in [1.54, 1.807) is 13.0 Å². The fraction of sp³-hybridized carbons (Fsp3) is 0.235. The van der Waals surface area contributed by atoms with Crippen molar-refractivity contribution in [2.75, 3.05) is 5.01 Å². The number of aryl methyl sites for hydroxylation is 1. The van der Waals surface area contributed by atoms with E-state index in [1.165, 1.54) is 0 Å². The minimum atomic E-state index is -1.17. The highest BCUT2D eigenvalue weighted by molar-refractivity contribution is 5.90. The van der Waals surface area contributed by atoms with Crippen LogP contribution in [-0.4, -0.2) is 22.2 Å². The van der Waals surface area contributed by atoms with Crippen molar-refractivity contribution < 1.29 is 19.4 Å². The van der Waals surface area contributed by atoms with Crippen molar-refractivity contribution >= 4 is 17.9 Å². The first kappa shape index (κ1) is 17.4. The van der Waals surface area contributed by atoms with Crippen LogP contribution in [-0.2, 0) is 17.8 Å². The van der Waals surface area contributed by atoms with Gasteiger partial charge in [-0.1, -0.05) is 37.3 Å². The minimum absolute atomic E-state index is 0.0351. The van der Waals surface area contributed by atoms with E-state index in [-0.39, 0.29) is 18.1 Å². The molecule has 2 aromatic rings. The summed E-state index contributed by atoms with van der Waals surface area (Å²) in [6.45, 7) is 3.62. The fourth-order valence-electron chi connectivity index (χ4n) is 2.23. The van der Waals surface area contributed by atoms with Gasteiger partial charge in [-0.15, -0.1) is 0 Å². The molecule has 1 heterocycles. The van der Waals surface area contributed by atoms with Gasteiger partial charge in [0.25, 0.3) is 0 Å². The van der Waals surface area contributed by atoms with Crippen LogP contribution in [0.15, 0.2) is 36.4 Å². The first-order valence-corrected chi connectivity index (χ1v) is 7.43. The Hall–Kier alpha value is -2.93. The van der Waals surface area contributed by atoms with E-state index in [0.717, 1.165) is 11.1 Å². The Morgan fingerprint density at radius 1 is 1.29 bits per heavy atom. The monoisotopic (exact) mass is 329 g/mol. The number of nitrogens with zero attached hydrogens (tertiary/aromatic N) is 2. The number of anilines is 1. The molecule has 0 unspecified atom stereocenters. The molecule has 0 radical (unpaired) electrons. The summed E-state index contributed by atoms with van der Waals surface area (Å²) in [5, 5.41) is 9.96. The van der Waals surface area contributed by atoms with Crippen molar-refractivity contribution in [1.82, 2.24) is 4.98 Å². The predicted molar refractivity (Wildman–Crippen MR) is 88.6 cm³/mol. The summed E-state index contributed by atoms with van der Waals surface area (Å²) in [4.78, 5) is 27.3. The van der Waals surface area contributed by atoms with Crippen molar-refractivity contribution in [3.8, 4) is 0 Å². The molecule has 0 bridgehead atoms. The van der Waals surface area contributed by atoms with Crippen molar-refractivity contribution in [2.24, 2.45) is 5.84 Å². The van der Waals surface area contributed by atoms with Crippen LogP contribution in [0.2, 0.25) is 0 Å². The number of ether oxygens (including phenoxy) is 1. The van der Waals surface area contributed by atoms with Crippen LogP contribution < -0.4 is 10.9 Å². The third kappa shape index (κ3) is 3.88. The standard InChI is InChI=1S/C17H19N3O4/c1-3-13-9-14(19-15(11(13)2)16(21)22)20(18)17(23)24-10-12-7-5-4-6-8-12/h4-9H,3,10,18H2,1-2H3,(H,21,22). The lowest BCUT2D eigenvalue weighted by atomic mass is 10.1. The highest BCUT2D eigenvalue weighted by Crippen LogP contribution is 2.20. The van der Waals surface area contributed by atoms with Crippen molar-refractivity contribution in [3.63, 3.8) is 0 Å². The molecular weight excluding hydrogens is 310 g/mol. The number of pyridine rings is 1. The number of hydrogen-bond acceptors (Lipinski definition) is 5. The summed E-state index contributed by atoms with van der Waals surface area (Å²) < 4.78 is 5.12. The molecule has 0 aliphatic carbocycles. The van der Waals surface area contributed by atoms with Gasteiger partial charge in [0.1, 0.15) is 6.61 Å². The molecule has 0 aliphatic rings. The zero-order valence-corrected chi connectivity index (χ0v) is 13.5. The average Bonchev–Trinajstić information content (AvgIpc) is 2.59. The Labute approximate surface area is 139 Å². The third-order valence-electron chi connectivity index (χ3n) is 3.60. The maximum Gasteiger partial charge on any atom is 0.430 e. The second-order valence-corrected chi connectivity index (χ2v) is 5.18. The van der Waals surface area contributed by atoms with Gasteiger partial charge in [0.2, 0.25) is 0 Å². The van der Waals surface area contributed by atoms with E-state index in [0.29, 0.717) is 17.0 Å². The number of carboxylic acids is 1. The number of carbonyl (C=O) groups is 2. The molecular formula is C17H19N3O4. The topological polar surface area (TPSA) is 106 Å². The molecule has 0 aliphatic heterocycles. The summed E-state index contributed by atoms with van der Waals surface area (Å²) in [6, 6.07) is 10.7. The van der Waals surface area contributed by atoms with E-state index < -0.39 is 12.1 Å². The van der Waals surface area contributed by atoms with Crippen molar-refractivity contribution in [1.29, 1.82) is 0 Å². The highest BCUT2D eigenvalue weighted by atomic mass is 16.6. The zero-order chi connectivity index (χ0) is 17.7. The number of aromatic nitrogens is 1. The van der Waals surface area contributed by atoms with Gasteiger partial charge in [-0.05, 0) is 36.1 Å². The molecule has 0 saturated carbocycles. The summed E-state index contributed by atoms with van der Waals surface area (Å²) in [5.74, 6) is 4.61. The van der Waals surface area contributed by atoms with Gasteiger partial charge in [0.15, 0.2) is 11.5 Å². The van der Waals surface area contributed by atoms with Crippen molar-refractivity contribution in [2.45, 2.75) is 26.9 Å². The Balaban J connectivity index is 2.19. The lowest BCUT2D eigenvalue weighted by molar-refractivity contribution is 0.0689. The van der Waals surface area contributed by atoms with Crippen LogP contribution in [0.5, 0.6) is 0 Å². The molecule has 0 atom stereocenters. The first-order valence-electron chi connectivity index (χ1n) is 7.43. The second kappa shape index (κ2) is 7.56. The minimum Gasteiger partial charge on any atom is -0.477 e. The van der Waals surface area contributed by atoms with E-state index in [4.69, 9.17) is 10.6 Å². The van der Waals surface area contributed by atoms with E-state index in [9.17, 15) is 14.7 Å². The number of hydrogen-bond donors (Lipinski definition) is 2. The van der Waals surface area contributed by atoms with Crippen LogP contribution >= 0.6 is 0 Å². The number of amides is 1. The SMILES string of the molecule is CCc1cc(N(N)C(=O)OCc2ccccc2)nc(C(=O)O)c1C. The van der Waals surface area contributed by atoms with Gasteiger partial charge in [0.05, 0.1) is 0 Å². The summed E-state index contributed by atoms with van der Waals surface area (Å²) in [5.41, 5.74) is 2.00. The Morgan fingerprint density at radius 3 is 2.54 bits per heavy atom. The normalized spacial score (nSPS) is 10.3. The molecule has 1 aromatic heterocycles. The molecule has 24 heavy (non-hydrogen) atoms. The molecule has 7 nitrogen and oxygen atoms in total. The van der Waals surface area contributed by atoms with E-state index >= 15 is 0 Å². The largest absolute Gasteiger partial charge is 0.477 e. The highest BCUT2D eigenvalue weighted by Gasteiger charge is 2.20. The Kier molecular flexibility index (Phi) is 5.49. The van der Waals surface area contributed by atoms with Gasteiger partial charge in [-0.2, -0.15) is 5.01 Å². The molecule has 126 valence electrons. The Morgan fingerprint density at radius 2 is 1.96 bits per heavy atom. The molecule has 1 amide bonds. The van der Waals surface area contributed by atoms with Crippen LogP contribution in [0.1, 0.15) is 34.1 Å². The molecule has 0 fully saturated rings. The van der Waals surface area contributed by atoms with E-state index in [1.807, 2.05) is 37.3 Å². The van der Waals surface area contributed by atoms with Gasteiger partial charge in [-0.3, -0.25) is 0 Å². The van der Waals surface area contributed by atoms with Crippen LogP contribution in [0.25, 0.3) is 0 Å². The average molecular weight is 329 g/mol. The number of carbonyl (C=O) groups excluding carboxylic acids is 1. The van der Waals surface area contributed by atoms with Gasteiger partial charge < -0.3 is 9.84 Å². The number of aromatic carboxylic acids is 1. The van der Waals surface area contributed by atoms with Crippen LogP contribution in [0.3, 0.4) is 0 Å². The van der Waals surface area contributed by atoms with Gasteiger partial charge in [0, 0.05) is 0 Å². The number of hydrazine groups is 1. The van der Waals surface area contributed by atoms with E-state index in [2.05, 4.69) is 4.98 Å². The summed E-state index contributed by atoms with van der Waals surface area (Å²) in [7, 11) is 0. The maximum atomic E-state index is 12.1. The summed E-state index contributed by atoms with van der Waals surface area (Å²) in [6.07, 6.45) is -0.220. The predicted octanol–water partition coefficient (Wildman–Crippen LogP) is 2.67. The number of carboxylic acid groups (broad SMARTS) is 1. The molecule has 7 heteroatoms. The summed E-state index contributed by atoms with van der Waals surface area (Å²) >= 11 is 0.